The van der Waals surface area contributed by atoms with E-state index in [1.165, 1.54) is 0 Å². The van der Waals surface area contributed by atoms with Gasteiger partial charge in [0.05, 0.1) is 6.33 Å². The van der Waals surface area contributed by atoms with Gasteiger partial charge in [-0.2, -0.15) is 0 Å². The van der Waals surface area contributed by atoms with Crippen LogP contribution >= 0.6 is 0 Å². The van der Waals surface area contributed by atoms with Crippen LogP contribution in [0, 0.1) is 0 Å². The molecule has 2 aromatic heterocycles. The Balaban J connectivity index is 1.61. The normalized spacial score (nSPS) is 19.3. The van der Waals surface area contributed by atoms with E-state index in [0.717, 1.165) is 44.1 Å². The Morgan fingerprint density at radius 2 is 2.05 bits per heavy atom. The molecule has 0 radical (unpaired) electrons. The third-order valence-corrected chi connectivity index (χ3v) is 3.73. The molecule has 0 saturated carbocycles. The van der Waals surface area contributed by atoms with Crippen molar-refractivity contribution < 1.29 is 0 Å². The molecule has 2 N–H and O–H groups in total. The van der Waals surface area contributed by atoms with Gasteiger partial charge in [-0.1, -0.05) is 0 Å². The predicted octanol–water partition coefficient (Wildman–Crippen LogP) is 0.401. The number of aromatic amines is 1. The first kappa shape index (κ1) is 13.3. The second kappa shape index (κ2) is 5.72. The minimum Gasteiger partial charge on any atom is -0.364 e. The Bertz CT molecular complexity index is 559. The molecule has 1 fully saturated rings. The number of likely N-dealkylation sites (N-methyl/N-ethyl adjacent to an activating group) is 1. The molecule has 3 rings (SSSR count). The summed E-state index contributed by atoms with van der Waals surface area (Å²) in [5.74, 6) is 0.828. The van der Waals surface area contributed by atoms with E-state index in [0.29, 0.717) is 11.7 Å². The summed E-state index contributed by atoms with van der Waals surface area (Å²) < 4.78 is 0. The van der Waals surface area contributed by atoms with Gasteiger partial charge in [-0.05, 0) is 14.0 Å². The monoisotopic (exact) mass is 275 g/mol. The van der Waals surface area contributed by atoms with Crippen LogP contribution in [0.4, 0.5) is 5.82 Å². The summed E-state index contributed by atoms with van der Waals surface area (Å²) in [4.78, 5) is 20.5. The van der Waals surface area contributed by atoms with Crippen molar-refractivity contribution in [1.82, 2.24) is 29.7 Å². The fraction of sp³-hybridized carbons (Fsp3) is 0.615. The summed E-state index contributed by atoms with van der Waals surface area (Å²) in [7, 11) is 2.18. The zero-order valence-corrected chi connectivity index (χ0v) is 12.0. The minimum absolute atomic E-state index is 0.333. The molecule has 0 aromatic carbocycles. The van der Waals surface area contributed by atoms with E-state index >= 15 is 0 Å². The standard InChI is InChI=1S/C13H21N7/c1-10(7-20-5-3-19(2)4-6-20)18-13-11-12(15-8-14-11)16-9-17-13/h8-10H,3-7H2,1-2H3,(H2,14,15,16,17,18). The first-order chi connectivity index (χ1) is 9.72. The van der Waals surface area contributed by atoms with Crippen molar-refractivity contribution >= 4 is 17.0 Å². The molecule has 1 atom stereocenters. The molecular weight excluding hydrogens is 254 g/mol. The molecule has 1 saturated heterocycles. The summed E-state index contributed by atoms with van der Waals surface area (Å²) in [5, 5.41) is 3.45. The highest BCUT2D eigenvalue weighted by Gasteiger charge is 2.17. The molecular formula is C13H21N7. The fourth-order valence-electron chi connectivity index (χ4n) is 2.57. The molecule has 1 unspecified atom stereocenters. The van der Waals surface area contributed by atoms with E-state index < -0.39 is 0 Å². The van der Waals surface area contributed by atoms with Gasteiger partial charge < -0.3 is 15.2 Å². The average molecular weight is 275 g/mol. The van der Waals surface area contributed by atoms with Crippen LogP contribution in [-0.2, 0) is 0 Å². The Morgan fingerprint density at radius 1 is 1.25 bits per heavy atom. The van der Waals surface area contributed by atoms with Crippen LogP contribution in [0.15, 0.2) is 12.7 Å². The van der Waals surface area contributed by atoms with Gasteiger partial charge in [-0.3, -0.25) is 4.90 Å². The molecule has 108 valence electrons. The van der Waals surface area contributed by atoms with E-state index in [-0.39, 0.29) is 0 Å². The number of anilines is 1. The van der Waals surface area contributed by atoms with Gasteiger partial charge in [0.2, 0.25) is 0 Å². The van der Waals surface area contributed by atoms with E-state index in [9.17, 15) is 0 Å². The molecule has 0 bridgehead atoms. The molecule has 20 heavy (non-hydrogen) atoms. The van der Waals surface area contributed by atoms with Gasteiger partial charge in [0.1, 0.15) is 11.8 Å². The highest BCUT2D eigenvalue weighted by molar-refractivity contribution is 5.81. The molecule has 3 heterocycles. The summed E-state index contributed by atoms with van der Waals surface area (Å²) in [6, 6.07) is 0.333. The van der Waals surface area contributed by atoms with Crippen molar-refractivity contribution in [2.75, 3.05) is 45.1 Å². The number of piperazine rings is 1. The van der Waals surface area contributed by atoms with Crippen molar-refractivity contribution in [2.45, 2.75) is 13.0 Å². The van der Waals surface area contributed by atoms with E-state index in [4.69, 9.17) is 0 Å². The average Bonchev–Trinajstić information content (AvgIpc) is 2.91. The van der Waals surface area contributed by atoms with Crippen molar-refractivity contribution in [3.63, 3.8) is 0 Å². The number of fused-ring (bicyclic) bond motifs is 1. The second-order valence-corrected chi connectivity index (χ2v) is 5.47. The van der Waals surface area contributed by atoms with E-state index in [2.05, 4.69) is 49.0 Å². The summed E-state index contributed by atoms with van der Waals surface area (Å²) in [6.45, 7) is 7.75. The summed E-state index contributed by atoms with van der Waals surface area (Å²) in [5.41, 5.74) is 1.58. The smallest absolute Gasteiger partial charge is 0.182 e. The maximum atomic E-state index is 4.30. The predicted molar refractivity (Wildman–Crippen MR) is 78.7 cm³/mol. The van der Waals surface area contributed by atoms with Crippen LogP contribution in [0.25, 0.3) is 11.2 Å². The number of nitrogens with one attached hydrogen (secondary N) is 2. The molecule has 0 amide bonds. The zero-order chi connectivity index (χ0) is 13.9. The van der Waals surface area contributed by atoms with Crippen LogP contribution < -0.4 is 5.32 Å². The SMILES string of the molecule is CC(CN1CCN(C)CC1)Nc1ncnc2nc[nH]c12. The lowest BCUT2D eigenvalue weighted by Crippen LogP contribution is -2.47. The number of hydrogen-bond acceptors (Lipinski definition) is 6. The Hall–Kier alpha value is -1.73. The Labute approximate surface area is 118 Å². The Morgan fingerprint density at radius 3 is 2.85 bits per heavy atom. The number of nitrogens with zero attached hydrogens (tertiary/aromatic N) is 5. The van der Waals surface area contributed by atoms with Gasteiger partial charge in [0, 0.05) is 38.8 Å². The number of aromatic nitrogens is 4. The van der Waals surface area contributed by atoms with Crippen molar-refractivity contribution in [1.29, 1.82) is 0 Å². The van der Waals surface area contributed by atoms with Crippen LogP contribution in [0.2, 0.25) is 0 Å². The molecule has 0 aliphatic carbocycles. The summed E-state index contributed by atoms with van der Waals surface area (Å²) in [6.07, 6.45) is 3.20. The molecule has 7 nitrogen and oxygen atoms in total. The van der Waals surface area contributed by atoms with Crippen molar-refractivity contribution in [3.05, 3.63) is 12.7 Å². The molecule has 1 aliphatic rings. The highest BCUT2D eigenvalue weighted by Crippen LogP contribution is 2.15. The van der Waals surface area contributed by atoms with Crippen LogP contribution in [0.3, 0.4) is 0 Å². The quantitative estimate of drug-likeness (QED) is 0.841. The summed E-state index contributed by atoms with van der Waals surface area (Å²) >= 11 is 0. The van der Waals surface area contributed by atoms with Gasteiger partial charge in [0.25, 0.3) is 0 Å². The Kier molecular flexibility index (Phi) is 3.79. The molecule has 0 spiro atoms. The lowest BCUT2D eigenvalue weighted by molar-refractivity contribution is 0.151. The van der Waals surface area contributed by atoms with Crippen molar-refractivity contribution in [3.8, 4) is 0 Å². The lowest BCUT2D eigenvalue weighted by atomic mass is 10.2. The first-order valence-corrected chi connectivity index (χ1v) is 7.04. The van der Waals surface area contributed by atoms with Gasteiger partial charge >= 0.3 is 0 Å². The molecule has 2 aromatic rings. The van der Waals surface area contributed by atoms with E-state index in [1.54, 1.807) is 12.7 Å². The highest BCUT2D eigenvalue weighted by atomic mass is 15.3. The molecule has 7 heteroatoms. The first-order valence-electron chi connectivity index (χ1n) is 7.04. The third kappa shape index (κ3) is 2.88. The maximum Gasteiger partial charge on any atom is 0.182 e. The minimum atomic E-state index is 0.333. The zero-order valence-electron chi connectivity index (χ0n) is 12.0. The lowest BCUT2D eigenvalue weighted by Gasteiger charge is -2.34. The maximum absolute atomic E-state index is 4.30. The number of H-pyrrole nitrogens is 1. The molecule has 1 aliphatic heterocycles. The van der Waals surface area contributed by atoms with Crippen LogP contribution in [-0.4, -0.2) is 75.5 Å². The fourth-order valence-corrected chi connectivity index (χ4v) is 2.57. The second-order valence-electron chi connectivity index (χ2n) is 5.47. The van der Waals surface area contributed by atoms with Crippen LogP contribution in [0.5, 0.6) is 0 Å². The van der Waals surface area contributed by atoms with Gasteiger partial charge in [-0.15, -0.1) is 0 Å². The van der Waals surface area contributed by atoms with Gasteiger partial charge in [0.15, 0.2) is 11.5 Å². The van der Waals surface area contributed by atoms with Gasteiger partial charge in [-0.25, -0.2) is 15.0 Å². The topological polar surface area (TPSA) is 73.0 Å². The number of rotatable bonds is 4. The number of hydrogen-bond donors (Lipinski definition) is 2. The van der Waals surface area contributed by atoms with Crippen molar-refractivity contribution in [2.24, 2.45) is 0 Å². The third-order valence-electron chi connectivity index (χ3n) is 3.73. The largest absolute Gasteiger partial charge is 0.364 e. The van der Waals surface area contributed by atoms with Crippen LogP contribution in [0.1, 0.15) is 6.92 Å². The van der Waals surface area contributed by atoms with E-state index in [1.807, 2.05) is 0 Å². The number of imidazole rings is 1.